The first-order valence-electron chi connectivity index (χ1n) is 10.1. The fourth-order valence-electron chi connectivity index (χ4n) is 5.26. The van der Waals surface area contributed by atoms with Crippen molar-refractivity contribution in [3.8, 4) is 17.6 Å². The highest BCUT2D eigenvalue weighted by Gasteiger charge is 2.64. The van der Waals surface area contributed by atoms with Crippen LogP contribution < -0.4 is 25.7 Å². The molecule has 0 aliphatic carbocycles. The number of ether oxygens (including phenoxy) is 2. The van der Waals surface area contributed by atoms with Gasteiger partial charge in [0.2, 0.25) is 11.8 Å². The quantitative estimate of drug-likeness (QED) is 0.737. The van der Waals surface area contributed by atoms with Crippen LogP contribution in [0.1, 0.15) is 43.2 Å². The van der Waals surface area contributed by atoms with Crippen molar-refractivity contribution >= 4 is 17.2 Å². The largest absolute Gasteiger partial charge is 0.497 e. The van der Waals surface area contributed by atoms with Gasteiger partial charge in [-0.25, -0.2) is 4.79 Å². The molecule has 0 fully saturated rings. The van der Waals surface area contributed by atoms with E-state index in [4.69, 9.17) is 19.6 Å². The third-order valence-electron chi connectivity index (χ3n) is 6.41. The molecule has 2 N–H and O–H groups in total. The summed E-state index contributed by atoms with van der Waals surface area (Å²) >= 11 is 0. The Balaban J connectivity index is 2.03. The first-order chi connectivity index (χ1) is 15.1. The van der Waals surface area contributed by atoms with Crippen molar-refractivity contribution in [1.82, 2.24) is 0 Å². The number of rotatable bonds is 1. The topological polar surface area (TPSA) is 119 Å². The van der Waals surface area contributed by atoms with E-state index in [-0.39, 0.29) is 22.8 Å². The Hall–Kier alpha value is -3.99. The van der Waals surface area contributed by atoms with Crippen LogP contribution in [0.3, 0.4) is 0 Å². The van der Waals surface area contributed by atoms with Gasteiger partial charge in [0.05, 0.1) is 18.3 Å². The summed E-state index contributed by atoms with van der Waals surface area (Å²) in [6.07, 6.45) is 1.98. The number of aryl methyl sites for hydroxylation is 1. The number of hydrogen-bond acceptors (Lipinski definition) is 7. The molecular formula is C24H21N3O5. The molecule has 5 rings (SSSR count). The van der Waals surface area contributed by atoms with Crippen LogP contribution in [-0.2, 0) is 10.2 Å². The predicted molar refractivity (Wildman–Crippen MR) is 116 cm³/mol. The van der Waals surface area contributed by atoms with Crippen LogP contribution in [0.4, 0.5) is 5.69 Å². The molecule has 8 heteroatoms. The summed E-state index contributed by atoms with van der Waals surface area (Å²) in [7, 11) is 1.52. The number of allylic oxidation sites excluding steroid dienone is 1. The first-order valence-corrected chi connectivity index (χ1v) is 10.1. The minimum atomic E-state index is -1.81. The molecule has 1 aromatic heterocycles. The lowest BCUT2D eigenvalue weighted by atomic mass is 9.69. The van der Waals surface area contributed by atoms with E-state index in [2.05, 4.69) is 0 Å². The van der Waals surface area contributed by atoms with Crippen molar-refractivity contribution in [2.24, 2.45) is 5.73 Å². The molecule has 1 aromatic carbocycles. The monoisotopic (exact) mass is 431 g/mol. The smallest absolute Gasteiger partial charge is 0.344 e. The molecule has 1 spiro atoms. The summed E-state index contributed by atoms with van der Waals surface area (Å²) in [5.41, 5.74) is 5.47. The molecule has 0 radical (unpaired) electrons. The van der Waals surface area contributed by atoms with E-state index in [1.165, 1.54) is 13.2 Å². The first kappa shape index (κ1) is 19.9. The van der Waals surface area contributed by atoms with Crippen molar-refractivity contribution < 1.29 is 18.7 Å². The Morgan fingerprint density at radius 3 is 2.56 bits per heavy atom. The Morgan fingerprint density at radius 2 is 1.91 bits per heavy atom. The molecule has 162 valence electrons. The molecule has 0 bridgehead atoms. The minimum Gasteiger partial charge on any atom is -0.497 e. The molecular weight excluding hydrogens is 410 g/mol. The second-order valence-corrected chi connectivity index (χ2v) is 8.78. The highest BCUT2D eigenvalue weighted by molar-refractivity contribution is 6.18. The SMILES string of the molecule is COc1cc2c3c(c1)[C@@]1(C(=O)N3C(C)(C)C=C2C)C(C#N)=C(N)Oc2cc(C)oc(=O)c21. The maximum atomic E-state index is 14.4. The number of amides is 1. The lowest BCUT2D eigenvalue weighted by Gasteiger charge is -2.40. The van der Waals surface area contributed by atoms with Crippen molar-refractivity contribution in [2.45, 2.75) is 38.6 Å². The van der Waals surface area contributed by atoms with Crippen LogP contribution >= 0.6 is 0 Å². The van der Waals surface area contributed by atoms with Crippen LogP contribution in [-0.4, -0.2) is 18.6 Å². The summed E-state index contributed by atoms with van der Waals surface area (Å²) in [6, 6.07) is 7.08. The minimum absolute atomic E-state index is 0.0582. The zero-order valence-corrected chi connectivity index (χ0v) is 18.3. The van der Waals surface area contributed by atoms with Gasteiger partial charge >= 0.3 is 5.63 Å². The van der Waals surface area contributed by atoms with Crippen LogP contribution in [0, 0.1) is 18.3 Å². The standard InChI is InChI=1S/C24H21N3O5/c1-11-9-23(3,4)27-19-14(11)7-13(30-5)8-15(19)24(22(27)29)16(10-25)20(26)32-17-6-12(2)31-21(28)18(17)24/h6-9H,26H2,1-5H3/t24-/m1/s1. The average molecular weight is 431 g/mol. The Kier molecular flexibility index (Phi) is 3.76. The van der Waals surface area contributed by atoms with Gasteiger partial charge in [0.15, 0.2) is 5.41 Å². The molecule has 0 unspecified atom stereocenters. The average Bonchev–Trinajstić information content (AvgIpc) is 2.95. The molecule has 0 saturated carbocycles. The lowest BCUT2D eigenvalue weighted by molar-refractivity contribution is -0.121. The van der Waals surface area contributed by atoms with Crippen molar-refractivity contribution in [2.75, 3.05) is 12.0 Å². The molecule has 2 aromatic rings. The molecule has 4 heterocycles. The summed E-state index contributed by atoms with van der Waals surface area (Å²) in [4.78, 5) is 29.2. The molecule has 32 heavy (non-hydrogen) atoms. The molecule has 3 aliphatic rings. The molecule has 0 saturated heterocycles. The zero-order chi connectivity index (χ0) is 23.2. The van der Waals surface area contributed by atoms with E-state index in [0.29, 0.717) is 22.8 Å². The van der Waals surface area contributed by atoms with E-state index >= 15 is 0 Å². The van der Waals surface area contributed by atoms with Gasteiger partial charge < -0.3 is 24.5 Å². The third kappa shape index (κ3) is 2.15. The third-order valence-corrected chi connectivity index (χ3v) is 6.41. The Bertz CT molecular complexity index is 1410. The van der Waals surface area contributed by atoms with E-state index in [1.807, 2.05) is 39.0 Å². The molecule has 3 aliphatic heterocycles. The second-order valence-electron chi connectivity index (χ2n) is 8.78. The van der Waals surface area contributed by atoms with Crippen LogP contribution in [0.25, 0.3) is 5.57 Å². The molecule has 1 atom stereocenters. The van der Waals surface area contributed by atoms with Gasteiger partial charge in [0, 0.05) is 17.2 Å². The zero-order valence-electron chi connectivity index (χ0n) is 18.3. The van der Waals surface area contributed by atoms with Gasteiger partial charge in [-0.1, -0.05) is 6.08 Å². The van der Waals surface area contributed by atoms with E-state index in [9.17, 15) is 14.9 Å². The number of fused-ring (bicyclic) bond motifs is 3. The number of carbonyl (C=O) groups is 1. The van der Waals surface area contributed by atoms with E-state index in [0.717, 1.165) is 11.1 Å². The van der Waals surface area contributed by atoms with E-state index in [1.54, 1.807) is 17.9 Å². The lowest BCUT2D eigenvalue weighted by Crippen LogP contribution is -2.54. The summed E-state index contributed by atoms with van der Waals surface area (Å²) in [5, 5.41) is 10.1. The number of nitriles is 1. The van der Waals surface area contributed by atoms with Crippen LogP contribution in [0.2, 0.25) is 0 Å². The summed E-state index contributed by atoms with van der Waals surface area (Å²) in [6.45, 7) is 7.36. The normalized spacial score (nSPS) is 22.2. The molecule has 1 amide bonds. The highest BCUT2D eigenvalue weighted by Crippen LogP contribution is 2.59. The number of anilines is 1. The molecule has 8 nitrogen and oxygen atoms in total. The Morgan fingerprint density at radius 1 is 1.19 bits per heavy atom. The van der Waals surface area contributed by atoms with Crippen molar-refractivity contribution in [3.05, 3.63) is 68.6 Å². The fraction of sp³-hybridized carbons (Fsp3) is 0.292. The van der Waals surface area contributed by atoms with Gasteiger partial charge in [0.1, 0.15) is 34.5 Å². The number of hydrogen-bond donors (Lipinski definition) is 1. The van der Waals surface area contributed by atoms with Gasteiger partial charge in [-0.05, 0) is 45.4 Å². The van der Waals surface area contributed by atoms with E-state index < -0.39 is 22.5 Å². The number of methoxy groups -OCH3 is 1. The summed E-state index contributed by atoms with van der Waals surface area (Å²) < 4.78 is 16.5. The van der Waals surface area contributed by atoms with Crippen molar-refractivity contribution in [3.63, 3.8) is 0 Å². The maximum Gasteiger partial charge on any atom is 0.344 e. The van der Waals surface area contributed by atoms with Crippen molar-refractivity contribution in [1.29, 1.82) is 5.26 Å². The number of benzene rings is 1. The summed E-state index contributed by atoms with van der Waals surface area (Å²) in [5.74, 6) is 0.199. The number of nitrogens with two attached hydrogens (primary N) is 1. The van der Waals surface area contributed by atoms with Gasteiger partial charge in [-0.15, -0.1) is 0 Å². The van der Waals surface area contributed by atoms with Gasteiger partial charge in [-0.3, -0.25) is 4.79 Å². The highest BCUT2D eigenvalue weighted by atomic mass is 16.5. The predicted octanol–water partition coefficient (Wildman–Crippen LogP) is 2.87. The number of nitrogens with zero attached hydrogens (tertiary/aromatic N) is 2. The Labute approximate surface area is 184 Å². The second kappa shape index (κ2) is 6.04. The maximum absolute atomic E-state index is 14.4. The van der Waals surface area contributed by atoms with Crippen LogP contribution in [0.5, 0.6) is 11.5 Å². The van der Waals surface area contributed by atoms with Gasteiger partial charge in [-0.2, -0.15) is 5.26 Å². The fourth-order valence-corrected chi connectivity index (χ4v) is 5.26. The number of carbonyl (C=O) groups excluding carboxylic acids is 1. The van der Waals surface area contributed by atoms with Crippen LogP contribution in [0.15, 0.2) is 44.9 Å². The van der Waals surface area contributed by atoms with Gasteiger partial charge in [0.25, 0.3) is 0 Å².